The lowest BCUT2D eigenvalue weighted by molar-refractivity contribution is -0.118. The molecule has 2 rings (SSSR count). The van der Waals surface area contributed by atoms with E-state index in [2.05, 4.69) is 25.8 Å². The summed E-state index contributed by atoms with van der Waals surface area (Å²) in [5.74, 6) is 0.799. The molecule has 0 spiro atoms. The predicted octanol–water partition coefficient (Wildman–Crippen LogP) is 1.92. The van der Waals surface area contributed by atoms with E-state index in [4.69, 9.17) is 10.8 Å². The molecule has 1 fully saturated rings. The minimum absolute atomic E-state index is 0.239. The van der Waals surface area contributed by atoms with Gasteiger partial charge in [-0.25, -0.2) is 9.78 Å². The molecule has 0 aliphatic carbocycles. The van der Waals surface area contributed by atoms with Crippen LogP contribution in [0.1, 0.15) is 19.3 Å². The van der Waals surface area contributed by atoms with Crippen LogP contribution < -0.4 is 10.6 Å². The standard InChI is InChI=1S/C15H21BrN4O3/c16-12-1-2-14(18-9-12)19-6-3-11(4-7-19)5-8-20(15(22)23)10-13(17)21/h1-2,9,11H,3-8,10H2,(H2,17,21)(H,22,23). The number of carboxylic acid groups (broad SMARTS) is 1. The molecule has 1 saturated heterocycles. The summed E-state index contributed by atoms with van der Waals surface area (Å²) in [7, 11) is 0. The highest BCUT2D eigenvalue weighted by Crippen LogP contribution is 2.24. The van der Waals surface area contributed by atoms with Gasteiger partial charge in [-0.3, -0.25) is 9.69 Å². The number of pyridine rings is 1. The van der Waals surface area contributed by atoms with Crippen molar-refractivity contribution in [3.8, 4) is 0 Å². The number of amides is 2. The van der Waals surface area contributed by atoms with Crippen molar-refractivity contribution in [2.75, 3.05) is 31.1 Å². The summed E-state index contributed by atoms with van der Waals surface area (Å²) >= 11 is 3.38. The molecule has 1 aromatic heterocycles. The fourth-order valence-electron chi connectivity index (χ4n) is 2.77. The van der Waals surface area contributed by atoms with Gasteiger partial charge in [-0.05, 0) is 53.2 Å². The van der Waals surface area contributed by atoms with E-state index < -0.39 is 12.0 Å². The Balaban J connectivity index is 1.79. The van der Waals surface area contributed by atoms with Crippen molar-refractivity contribution in [2.24, 2.45) is 11.7 Å². The van der Waals surface area contributed by atoms with Crippen LogP contribution in [0.5, 0.6) is 0 Å². The molecule has 1 aliphatic rings. The van der Waals surface area contributed by atoms with E-state index in [0.717, 1.165) is 47.5 Å². The molecule has 3 N–H and O–H groups in total. The van der Waals surface area contributed by atoms with Crippen molar-refractivity contribution < 1.29 is 14.7 Å². The first-order chi connectivity index (χ1) is 11.0. The van der Waals surface area contributed by atoms with Gasteiger partial charge in [-0.2, -0.15) is 0 Å². The third-order valence-corrected chi connectivity index (χ3v) is 4.54. The molecule has 2 amide bonds. The molecule has 0 aromatic carbocycles. The first kappa shape index (κ1) is 17.5. The van der Waals surface area contributed by atoms with Gasteiger partial charge in [-0.15, -0.1) is 0 Å². The zero-order chi connectivity index (χ0) is 16.8. The van der Waals surface area contributed by atoms with Crippen LogP contribution in [0.15, 0.2) is 22.8 Å². The minimum Gasteiger partial charge on any atom is -0.465 e. The lowest BCUT2D eigenvalue weighted by Crippen LogP contribution is -2.40. The summed E-state index contributed by atoms with van der Waals surface area (Å²) in [5.41, 5.74) is 5.07. The number of carbonyl (C=O) groups excluding carboxylic acids is 1. The third kappa shape index (κ3) is 5.38. The molecule has 23 heavy (non-hydrogen) atoms. The van der Waals surface area contributed by atoms with Gasteiger partial charge < -0.3 is 15.7 Å². The number of carbonyl (C=O) groups is 2. The van der Waals surface area contributed by atoms with E-state index >= 15 is 0 Å². The molecule has 7 nitrogen and oxygen atoms in total. The normalized spacial score (nSPS) is 15.4. The molecule has 0 saturated carbocycles. The maximum absolute atomic E-state index is 11.1. The maximum Gasteiger partial charge on any atom is 0.407 e. The van der Waals surface area contributed by atoms with Crippen LogP contribution in [0, 0.1) is 5.92 Å². The molecule has 126 valence electrons. The quantitative estimate of drug-likeness (QED) is 0.780. The van der Waals surface area contributed by atoms with E-state index in [1.165, 1.54) is 0 Å². The maximum atomic E-state index is 11.1. The van der Waals surface area contributed by atoms with Crippen molar-refractivity contribution in [2.45, 2.75) is 19.3 Å². The van der Waals surface area contributed by atoms with Crippen molar-refractivity contribution in [1.82, 2.24) is 9.88 Å². The van der Waals surface area contributed by atoms with E-state index in [1.54, 1.807) is 6.20 Å². The molecule has 0 bridgehead atoms. The minimum atomic E-state index is -1.10. The molecule has 2 heterocycles. The number of nitrogens with two attached hydrogens (primary N) is 1. The Labute approximate surface area is 143 Å². The number of hydrogen-bond acceptors (Lipinski definition) is 4. The number of primary amides is 1. The molecular formula is C15H21BrN4O3. The molecule has 8 heteroatoms. The lowest BCUT2D eigenvalue weighted by Gasteiger charge is -2.33. The van der Waals surface area contributed by atoms with E-state index in [0.29, 0.717) is 12.5 Å². The Morgan fingerprint density at radius 2 is 2.09 bits per heavy atom. The SMILES string of the molecule is NC(=O)CN(CCC1CCN(c2ccc(Br)cn2)CC1)C(=O)O. The third-order valence-electron chi connectivity index (χ3n) is 4.07. The zero-order valence-corrected chi connectivity index (χ0v) is 14.4. The van der Waals surface area contributed by atoms with Gasteiger partial charge in [0.1, 0.15) is 12.4 Å². The van der Waals surface area contributed by atoms with Gasteiger partial charge in [0.25, 0.3) is 0 Å². The number of piperidine rings is 1. The van der Waals surface area contributed by atoms with Crippen LogP contribution in [0.3, 0.4) is 0 Å². The smallest absolute Gasteiger partial charge is 0.407 e. The molecule has 1 aliphatic heterocycles. The van der Waals surface area contributed by atoms with E-state index in [1.807, 2.05) is 12.1 Å². The number of hydrogen-bond donors (Lipinski definition) is 2. The Hall–Kier alpha value is -1.83. The van der Waals surface area contributed by atoms with E-state index in [-0.39, 0.29) is 6.54 Å². The average Bonchev–Trinajstić information content (AvgIpc) is 2.52. The Bertz CT molecular complexity index is 544. The summed E-state index contributed by atoms with van der Waals surface area (Å²) in [6.45, 7) is 1.92. The molecular weight excluding hydrogens is 364 g/mol. The topological polar surface area (TPSA) is 99.8 Å². The summed E-state index contributed by atoms with van der Waals surface area (Å²) in [6, 6.07) is 3.96. The fourth-order valence-corrected chi connectivity index (χ4v) is 3.01. The Morgan fingerprint density at radius 1 is 1.39 bits per heavy atom. The van der Waals surface area contributed by atoms with Crippen LogP contribution in [-0.2, 0) is 4.79 Å². The largest absolute Gasteiger partial charge is 0.465 e. The second kappa shape index (κ2) is 8.14. The van der Waals surface area contributed by atoms with Gasteiger partial charge in [0.15, 0.2) is 0 Å². The molecule has 1 aromatic rings. The summed E-state index contributed by atoms with van der Waals surface area (Å²) in [5, 5.41) is 9.06. The summed E-state index contributed by atoms with van der Waals surface area (Å²) < 4.78 is 0.958. The molecule has 0 radical (unpaired) electrons. The van der Waals surface area contributed by atoms with Gasteiger partial charge in [0, 0.05) is 30.3 Å². The number of halogens is 1. The second-order valence-corrected chi connectivity index (χ2v) is 6.64. The Kier molecular flexibility index (Phi) is 6.20. The van der Waals surface area contributed by atoms with Crippen LogP contribution in [0.25, 0.3) is 0 Å². The fraction of sp³-hybridized carbons (Fsp3) is 0.533. The van der Waals surface area contributed by atoms with Crippen LogP contribution in [0.2, 0.25) is 0 Å². The summed E-state index contributed by atoms with van der Waals surface area (Å²) in [6.07, 6.45) is 3.42. The number of rotatable bonds is 6. The predicted molar refractivity (Wildman–Crippen MR) is 90.3 cm³/mol. The monoisotopic (exact) mass is 384 g/mol. The highest BCUT2D eigenvalue weighted by Gasteiger charge is 2.22. The van der Waals surface area contributed by atoms with Crippen molar-refractivity contribution in [3.05, 3.63) is 22.8 Å². The second-order valence-electron chi connectivity index (χ2n) is 5.72. The van der Waals surface area contributed by atoms with Crippen molar-refractivity contribution >= 4 is 33.7 Å². The van der Waals surface area contributed by atoms with Gasteiger partial charge in [0.2, 0.25) is 5.91 Å². The van der Waals surface area contributed by atoms with Gasteiger partial charge >= 0.3 is 6.09 Å². The number of nitrogens with zero attached hydrogens (tertiary/aromatic N) is 3. The number of anilines is 1. The highest BCUT2D eigenvalue weighted by molar-refractivity contribution is 9.10. The average molecular weight is 385 g/mol. The molecule has 0 unspecified atom stereocenters. The van der Waals surface area contributed by atoms with Crippen LogP contribution >= 0.6 is 15.9 Å². The van der Waals surface area contributed by atoms with Crippen LogP contribution in [-0.4, -0.2) is 53.2 Å². The summed E-state index contributed by atoms with van der Waals surface area (Å²) in [4.78, 5) is 29.7. The lowest BCUT2D eigenvalue weighted by atomic mass is 9.93. The van der Waals surface area contributed by atoms with Gasteiger partial charge in [-0.1, -0.05) is 0 Å². The van der Waals surface area contributed by atoms with E-state index in [9.17, 15) is 9.59 Å². The van der Waals surface area contributed by atoms with Crippen LogP contribution in [0.4, 0.5) is 10.6 Å². The van der Waals surface area contributed by atoms with Crippen molar-refractivity contribution in [3.63, 3.8) is 0 Å². The van der Waals surface area contributed by atoms with Crippen molar-refractivity contribution in [1.29, 1.82) is 0 Å². The Morgan fingerprint density at radius 3 is 2.61 bits per heavy atom. The first-order valence-electron chi connectivity index (χ1n) is 7.58. The first-order valence-corrected chi connectivity index (χ1v) is 8.37. The number of aromatic nitrogens is 1. The van der Waals surface area contributed by atoms with Gasteiger partial charge in [0.05, 0.1) is 0 Å². The zero-order valence-electron chi connectivity index (χ0n) is 12.8. The highest BCUT2D eigenvalue weighted by atomic mass is 79.9. The molecule has 0 atom stereocenters.